The van der Waals surface area contributed by atoms with Crippen LogP contribution in [0.15, 0.2) is 63.7 Å². The lowest BCUT2D eigenvalue weighted by Gasteiger charge is -2.32. The lowest BCUT2D eigenvalue weighted by Crippen LogP contribution is -2.43. The van der Waals surface area contributed by atoms with Crippen LogP contribution in [0, 0.1) is 5.41 Å². The van der Waals surface area contributed by atoms with Crippen LogP contribution in [0.25, 0.3) is 0 Å². The molecule has 0 aliphatic heterocycles. The van der Waals surface area contributed by atoms with Crippen LogP contribution in [-0.2, 0) is 4.79 Å². The lowest BCUT2D eigenvalue weighted by molar-refractivity contribution is -0.115. The monoisotopic (exact) mass is 370 g/mol. The van der Waals surface area contributed by atoms with Gasteiger partial charge in [-0.05, 0) is 56.6 Å². The molecule has 0 saturated carbocycles. The highest BCUT2D eigenvalue weighted by molar-refractivity contribution is 6.02. The number of carbonyl (C=O) groups is 1. The first-order chi connectivity index (χ1) is 12.7. The maximum absolute atomic E-state index is 11.8. The fraction of sp³-hybridized carbons (Fsp3) is 0.455. The van der Waals surface area contributed by atoms with Crippen molar-refractivity contribution in [2.75, 3.05) is 7.05 Å². The summed E-state index contributed by atoms with van der Waals surface area (Å²) in [5.74, 6) is 5.18. The molecule has 27 heavy (non-hydrogen) atoms. The molecule has 1 amide bonds. The van der Waals surface area contributed by atoms with E-state index in [4.69, 9.17) is 5.84 Å². The Bertz CT molecular complexity index is 719. The molecule has 0 fully saturated rings. The first-order valence-corrected chi connectivity index (χ1v) is 9.35. The third-order valence-corrected chi connectivity index (χ3v) is 4.73. The number of rotatable bonds is 5. The van der Waals surface area contributed by atoms with E-state index >= 15 is 0 Å². The Balaban J connectivity index is 2.73. The average Bonchev–Trinajstić information content (AvgIpc) is 2.58. The Kier molecular flexibility index (Phi) is 8.95. The molecule has 0 radical (unpaired) electrons. The van der Waals surface area contributed by atoms with Crippen molar-refractivity contribution in [1.29, 1.82) is 0 Å². The molecule has 1 rings (SSSR count). The van der Waals surface area contributed by atoms with Crippen LogP contribution in [0.1, 0.15) is 53.9 Å². The van der Waals surface area contributed by atoms with Crippen molar-refractivity contribution in [3.05, 3.63) is 58.7 Å². The van der Waals surface area contributed by atoms with Gasteiger partial charge in [-0.15, -0.1) is 0 Å². The number of nitrogens with two attached hydrogens (primary N) is 1. The van der Waals surface area contributed by atoms with Gasteiger partial charge >= 0.3 is 0 Å². The highest BCUT2D eigenvalue weighted by atomic mass is 16.1. The number of carbonyl (C=O) groups excluding carboxylic acids is 1. The van der Waals surface area contributed by atoms with E-state index in [1.165, 1.54) is 36.5 Å². The maximum atomic E-state index is 11.8. The standard InChI is InChI=1S/C22H34N4O/c1-16(12-13-19-18(3)11-8-14-22(19,4)5)9-7-10-17(2)15-20(27)25-21(24-6)26-23/h7,9-10,12-13,15H,8,11,14,23H2,1-6H3,(H2,24,25,26,27)/b10-7+,13-12+,16-9+,17-15+. The fourth-order valence-electron chi connectivity index (χ4n) is 3.20. The summed E-state index contributed by atoms with van der Waals surface area (Å²) in [5.41, 5.74) is 7.52. The summed E-state index contributed by atoms with van der Waals surface area (Å²) < 4.78 is 0. The summed E-state index contributed by atoms with van der Waals surface area (Å²) in [4.78, 5) is 15.6. The molecule has 4 N–H and O–H groups in total. The SMILES string of the molecule is CN=C(NN)NC(=O)/C=C(C)/C=C/C=C(C)/C=C/C1=C(C)CCCC1(C)C. The summed E-state index contributed by atoms with van der Waals surface area (Å²) in [5, 5.41) is 2.55. The highest BCUT2D eigenvalue weighted by Gasteiger charge is 2.26. The minimum absolute atomic E-state index is 0.226. The zero-order valence-corrected chi connectivity index (χ0v) is 17.5. The Morgan fingerprint density at radius 1 is 1.22 bits per heavy atom. The van der Waals surface area contributed by atoms with Crippen LogP contribution in [0.2, 0.25) is 0 Å². The van der Waals surface area contributed by atoms with E-state index in [1.807, 2.05) is 25.2 Å². The summed E-state index contributed by atoms with van der Waals surface area (Å²) in [6.07, 6.45) is 15.5. The molecule has 1 aliphatic carbocycles. The molecular formula is C22H34N4O. The van der Waals surface area contributed by atoms with Crippen molar-refractivity contribution >= 4 is 11.9 Å². The quantitative estimate of drug-likeness (QED) is 0.170. The Morgan fingerprint density at radius 2 is 1.93 bits per heavy atom. The molecule has 0 bridgehead atoms. The molecule has 0 atom stereocenters. The van der Waals surface area contributed by atoms with E-state index in [0.717, 1.165) is 11.1 Å². The number of guanidine groups is 1. The van der Waals surface area contributed by atoms with E-state index < -0.39 is 0 Å². The number of hydrogen-bond acceptors (Lipinski definition) is 3. The van der Waals surface area contributed by atoms with Crippen LogP contribution in [0.3, 0.4) is 0 Å². The Labute approximate surface area is 163 Å². The Hall–Kier alpha value is -2.40. The molecule has 0 unspecified atom stereocenters. The predicted octanol–water partition coefficient (Wildman–Crippen LogP) is 4.08. The smallest absolute Gasteiger partial charge is 0.250 e. The van der Waals surface area contributed by atoms with Gasteiger partial charge in [0.25, 0.3) is 5.91 Å². The number of aliphatic imine (C=N–C) groups is 1. The van der Waals surface area contributed by atoms with Gasteiger partial charge in [-0.25, -0.2) is 5.84 Å². The zero-order chi connectivity index (χ0) is 20.4. The number of allylic oxidation sites excluding steroid dienone is 9. The topological polar surface area (TPSA) is 79.5 Å². The molecule has 0 aromatic rings. The second-order valence-corrected chi connectivity index (χ2v) is 7.63. The van der Waals surface area contributed by atoms with Crippen molar-refractivity contribution in [2.24, 2.45) is 16.3 Å². The van der Waals surface area contributed by atoms with Crippen molar-refractivity contribution in [3.8, 4) is 0 Å². The van der Waals surface area contributed by atoms with Gasteiger partial charge < -0.3 is 0 Å². The molecule has 5 nitrogen and oxygen atoms in total. The summed E-state index contributed by atoms with van der Waals surface area (Å²) in [6.45, 7) is 10.8. The highest BCUT2D eigenvalue weighted by Crippen LogP contribution is 2.40. The molecular weight excluding hydrogens is 336 g/mol. The largest absolute Gasteiger partial charge is 0.294 e. The van der Waals surface area contributed by atoms with Gasteiger partial charge in [0.2, 0.25) is 5.96 Å². The van der Waals surface area contributed by atoms with E-state index in [2.05, 4.69) is 55.6 Å². The molecule has 148 valence electrons. The maximum Gasteiger partial charge on any atom is 0.250 e. The fourth-order valence-corrected chi connectivity index (χ4v) is 3.20. The minimum atomic E-state index is -0.279. The molecule has 0 aromatic heterocycles. The second-order valence-electron chi connectivity index (χ2n) is 7.63. The van der Waals surface area contributed by atoms with Crippen LogP contribution in [0.4, 0.5) is 0 Å². The Morgan fingerprint density at radius 3 is 2.52 bits per heavy atom. The summed E-state index contributed by atoms with van der Waals surface area (Å²) in [6, 6.07) is 0. The van der Waals surface area contributed by atoms with Gasteiger partial charge in [0.15, 0.2) is 0 Å². The van der Waals surface area contributed by atoms with Crippen molar-refractivity contribution in [3.63, 3.8) is 0 Å². The number of hydrazine groups is 1. The number of nitrogens with zero attached hydrogens (tertiary/aromatic N) is 1. The summed E-state index contributed by atoms with van der Waals surface area (Å²) in [7, 11) is 1.54. The third kappa shape index (κ3) is 7.79. The molecule has 0 saturated heterocycles. The van der Waals surface area contributed by atoms with Gasteiger partial charge in [-0.3, -0.25) is 20.5 Å². The van der Waals surface area contributed by atoms with E-state index in [0.29, 0.717) is 0 Å². The van der Waals surface area contributed by atoms with Gasteiger partial charge in [0.05, 0.1) is 0 Å². The van der Waals surface area contributed by atoms with Gasteiger partial charge in [-0.1, -0.05) is 55.4 Å². The van der Waals surface area contributed by atoms with E-state index in [-0.39, 0.29) is 17.3 Å². The molecule has 1 aliphatic rings. The van der Waals surface area contributed by atoms with E-state index in [9.17, 15) is 4.79 Å². The lowest BCUT2D eigenvalue weighted by atomic mass is 9.72. The molecule has 0 aromatic carbocycles. The normalized spacial score (nSPS) is 19.1. The van der Waals surface area contributed by atoms with Crippen molar-refractivity contribution in [2.45, 2.75) is 53.9 Å². The third-order valence-electron chi connectivity index (χ3n) is 4.73. The van der Waals surface area contributed by atoms with Gasteiger partial charge in [-0.2, -0.15) is 0 Å². The van der Waals surface area contributed by atoms with E-state index in [1.54, 1.807) is 7.05 Å². The predicted molar refractivity (Wildman–Crippen MR) is 115 cm³/mol. The van der Waals surface area contributed by atoms with Crippen LogP contribution in [0.5, 0.6) is 0 Å². The molecule has 0 heterocycles. The first kappa shape index (κ1) is 22.6. The number of nitrogens with one attached hydrogen (secondary N) is 2. The van der Waals surface area contributed by atoms with Crippen molar-refractivity contribution in [1.82, 2.24) is 10.7 Å². The van der Waals surface area contributed by atoms with Crippen LogP contribution in [-0.4, -0.2) is 18.9 Å². The average molecular weight is 371 g/mol. The number of hydrogen-bond donors (Lipinski definition) is 3. The summed E-state index contributed by atoms with van der Waals surface area (Å²) >= 11 is 0. The number of amides is 1. The van der Waals surface area contributed by atoms with Crippen LogP contribution < -0.4 is 16.6 Å². The molecule has 5 heteroatoms. The van der Waals surface area contributed by atoms with Crippen LogP contribution >= 0.6 is 0 Å². The minimum Gasteiger partial charge on any atom is -0.294 e. The zero-order valence-electron chi connectivity index (χ0n) is 17.5. The molecule has 0 spiro atoms. The second kappa shape index (κ2) is 10.7. The first-order valence-electron chi connectivity index (χ1n) is 9.35. The van der Waals surface area contributed by atoms with Crippen molar-refractivity contribution < 1.29 is 4.79 Å². The van der Waals surface area contributed by atoms with Gasteiger partial charge in [0.1, 0.15) is 0 Å². The van der Waals surface area contributed by atoms with Gasteiger partial charge in [0, 0.05) is 13.1 Å².